The number of anilines is 2. The van der Waals surface area contributed by atoms with Crippen molar-refractivity contribution in [3.63, 3.8) is 0 Å². The minimum Gasteiger partial charge on any atom is -0.316 e. The van der Waals surface area contributed by atoms with Gasteiger partial charge in [0.15, 0.2) is 10.8 Å². The lowest BCUT2D eigenvalue weighted by molar-refractivity contribution is 1.01. The molecule has 0 spiro atoms. The van der Waals surface area contributed by atoms with Crippen molar-refractivity contribution >= 4 is 33.3 Å². The molecule has 6 heteroatoms. The maximum Gasteiger partial charge on any atom is 0.188 e. The van der Waals surface area contributed by atoms with Crippen LogP contribution in [-0.4, -0.2) is 19.5 Å². The van der Waals surface area contributed by atoms with Crippen molar-refractivity contribution in [1.82, 2.24) is 19.5 Å². The Bertz CT molecular complexity index is 1000. The van der Waals surface area contributed by atoms with Crippen molar-refractivity contribution in [3.8, 4) is 5.69 Å². The van der Waals surface area contributed by atoms with Gasteiger partial charge < -0.3 is 5.32 Å². The fraction of sp³-hybridized carbons (Fsp3) is 0.167. The molecule has 0 radical (unpaired) electrons. The second-order valence-electron chi connectivity index (χ2n) is 5.76. The Hall–Kier alpha value is -2.73. The highest BCUT2D eigenvalue weighted by Gasteiger charge is 2.18. The van der Waals surface area contributed by atoms with Gasteiger partial charge >= 0.3 is 0 Å². The molecule has 1 aromatic carbocycles. The summed E-state index contributed by atoms with van der Waals surface area (Å²) in [5.74, 6) is 0.793. The maximum absolute atomic E-state index is 4.55. The number of thiazole rings is 1. The van der Waals surface area contributed by atoms with Crippen LogP contribution in [0.2, 0.25) is 0 Å². The first-order chi connectivity index (χ1) is 11.6. The topological polar surface area (TPSA) is 55.6 Å². The molecular formula is C18H17N5S. The van der Waals surface area contributed by atoms with Crippen LogP contribution >= 0.6 is 11.3 Å². The number of fused-ring (bicyclic) bond motifs is 1. The lowest BCUT2D eigenvalue weighted by Crippen LogP contribution is -1.99. The van der Waals surface area contributed by atoms with E-state index in [0.29, 0.717) is 0 Å². The number of hydrogen-bond acceptors (Lipinski definition) is 5. The van der Waals surface area contributed by atoms with Gasteiger partial charge in [0.05, 0.1) is 5.39 Å². The number of nitrogens with one attached hydrogen (secondary N) is 1. The Morgan fingerprint density at radius 1 is 1.00 bits per heavy atom. The highest BCUT2D eigenvalue weighted by Crippen LogP contribution is 2.32. The zero-order valence-corrected chi connectivity index (χ0v) is 14.6. The van der Waals surface area contributed by atoms with E-state index in [2.05, 4.69) is 69.9 Å². The largest absolute Gasteiger partial charge is 0.316 e. The van der Waals surface area contributed by atoms with Gasteiger partial charge in [0.2, 0.25) is 0 Å². The summed E-state index contributed by atoms with van der Waals surface area (Å²) < 4.78 is 2.18. The van der Waals surface area contributed by atoms with Gasteiger partial charge in [-0.1, -0.05) is 17.7 Å². The van der Waals surface area contributed by atoms with Crippen molar-refractivity contribution in [1.29, 1.82) is 0 Å². The maximum atomic E-state index is 4.55. The summed E-state index contributed by atoms with van der Waals surface area (Å²) in [4.78, 5) is 13.3. The summed E-state index contributed by atoms with van der Waals surface area (Å²) in [5.41, 5.74) is 5.59. The Kier molecular flexibility index (Phi) is 3.54. The number of rotatable bonds is 3. The minimum absolute atomic E-state index is 0.793. The molecule has 0 saturated heterocycles. The second-order valence-corrected chi connectivity index (χ2v) is 6.66. The summed E-state index contributed by atoms with van der Waals surface area (Å²) >= 11 is 1.55. The minimum atomic E-state index is 0.793. The van der Waals surface area contributed by atoms with Gasteiger partial charge in [0.1, 0.15) is 12.1 Å². The molecule has 0 amide bonds. The predicted molar refractivity (Wildman–Crippen MR) is 98.5 cm³/mol. The van der Waals surface area contributed by atoms with E-state index < -0.39 is 0 Å². The summed E-state index contributed by atoms with van der Waals surface area (Å²) in [6, 6.07) is 8.48. The van der Waals surface area contributed by atoms with Crippen LogP contribution in [0, 0.1) is 20.8 Å². The fourth-order valence-corrected chi connectivity index (χ4v) is 3.42. The molecule has 0 atom stereocenters. The molecule has 0 aliphatic carbocycles. The lowest BCUT2D eigenvalue weighted by atomic mass is 10.2. The van der Waals surface area contributed by atoms with E-state index in [4.69, 9.17) is 0 Å². The summed E-state index contributed by atoms with van der Waals surface area (Å²) in [5, 5.41) is 7.11. The molecule has 4 rings (SSSR count). The third kappa shape index (κ3) is 2.35. The molecule has 4 aromatic rings. The first-order valence-electron chi connectivity index (χ1n) is 7.71. The third-order valence-electron chi connectivity index (χ3n) is 4.24. The molecule has 0 fully saturated rings. The van der Waals surface area contributed by atoms with Crippen LogP contribution in [0.25, 0.3) is 16.7 Å². The van der Waals surface area contributed by atoms with E-state index in [1.807, 2.05) is 5.38 Å². The van der Waals surface area contributed by atoms with Gasteiger partial charge in [0, 0.05) is 23.0 Å². The molecule has 0 unspecified atom stereocenters. The SMILES string of the molecule is Cc1ccc(-n2c(C)c(C)c3c(Nc4nccs4)ncnc32)cc1. The van der Waals surface area contributed by atoms with Crippen LogP contribution in [0.5, 0.6) is 0 Å². The number of benzene rings is 1. The van der Waals surface area contributed by atoms with E-state index in [1.54, 1.807) is 23.9 Å². The lowest BCUT2D eigenvalue weighted by Gasteiger charge is -2.08. The number of aryl methyl sites for hydroxylation is 2. The van der Waals surface area contributed by atoms with Crippen LogP contribution in [-0.2, 0) is 0 Å². The van der Waals surface area contributed by atoms with Gasteiger partial charge in [-0.15, -0.1) is 11.3 Å². The van der Waals surface area contributed by atoms with Crippen molar-refractivity contribution in [2.75, 3.05) is 5.32 Å². The van der Waals surface area contributed by atoms with E-state index >= 15 is 0 Å². The van der Waals surface area contributed by atoms with Crippen LogP contribution in [0.3, 0.4) is 0 Å². The van der Waals surface area contributed by atoms with E-state index in [1.165, 1.54) is 11.1 Å². The first-order valence-corrected chi connectivity index (χ1v) is 8.59. The van der Waals surface area contributed by atoms with Gasteiger partial charge in [-0.2, -0.15) is 0 Å². The zero-order chi connectivity index (χ0) is 16.7. The zero-order valence-electron chi connectivity index (χ0n) is 13.7. The average molecular weight is 335 g/mol. The van der Waals surface area contributed by atoms with Crippen LogP contribution < -0.4 is 5.32 Å². The Labute approximate surface area is 144 Å². The summed E-state index contributed by atoms with van der Waals surface area (Å²) in [7, 11) is 0. The normalized spacial score (nSPS) is 11.1. The predicted octanol–water partition coefficient (Wildman–Crippen LogP) is 4.55. The summed E-state index contributed by atoms with van der Waals surface area (Å²) in [6.45, 7) is 6.32. The summed E-state index contributed by atoms with van der Waals surface area (Å²) in [6.07, 6.45) is 3.38. The van der Waals surface area contributed by atoms with Crippen LogP contribution in [0.4, 0.5) is 10.9 Å². The van der Waals surface area contributed by atoms with E-state index in [-0.39, 0.29) is 0 Å². The molecule has 0 bridgehead atoms. The molecule has 5 nitrogen and oxygen atoms in total. The quantitative estimate of drug-likeness (QED) is 0.597. The van der Waals surface area contributed by atoms with Crippen molar-refractivity contribution in [2.24, 2.45) is 0 Å². The molecule has 0 saturated carbocycles. The number of nitrogens with zero attached hydrogens (tertiary/aromatic N) is 4. The molecule has 0 aliphatic heterocycles. The number of hydrogen-bond donors (Lipinski definition) is 1. The van der Waals surface area contributed by atoms with Crippen LogP contribution in [0.1, 0.15) is 16.8 Å². The Morgan fingerprint density at radius 3 is 2.50 bits per heavy atom. The van der Waals surface area contributed by atoms with Gasteiger partial charge in [0.25, 0.3) is 0 Å². The van der Waals surface area contributed by atoms with Crippen molar-refractivity contribution in [2.45, 2.75) is 20.8 Å². The molecule has 24 heavy (non-hydrogen) atoms. The third-order valence-corrected chi connectivity index (χ3v) is 4.93. The van der Waals surface area contributed by atoms with Crippen LogP contribution in [0.15, 0.2) is 42.2 Å². The van der Waals surface area contributed by atoms with Gasteiger partial charge in [-0.25, -0.2) is 15.0 Å². The fourth-order valence-electron chi connectivity index (χ4n) is 2.89. The standard InChI is InChI=1S/C18H17N5S/c1-11-4-6-14(7-5-11)23-13(3)12(2)15-16(20-10-21-17(15)23)22-18-19-8-9-24-18/h4-10H,1-3H3,(H,19,20,21,22). The molecule has 1 N–H and O–H groups in total. The molecular weight excluding hydrogens is 318 g/mol. The average Bonchev–Trinajstić information content (AvgIpc) is 3.17. The molecule has 0 aliphatic rings. The highest BCUT2D eigenvalue weighted by atomic mass is 32.1. The Morgan fingerprint density at radius 2 is 1.79 bits per heavy atom. The van der Waals surface area contributed by atoms with E-state index in [0.717, 1.165) is 33.4 Å². The molecule has 3 aromatic heterocycles. The van der Waals surface area contributed by atoms with Crippen molar-refractivity contribution < 1.29 is 0 Å². The smallest absolute Gasteiger partial charge is 0.188 e. The van der Waals surface area contributed by atoms with Gasteiger partial charge in [-0.05, 0) is 38.5 Å². The Balaban J connectivity index is 1.93. The second kappa shape index (κ2) is 5.72. The van der Waals surface area contributed by atoms with E-state index in [9.17, 15) is 0 Å². The molecule has 120 valence electrons. The first kappa shape index (κ1) is 14.8. The number of aromatic nitrogens is 4. The monoisotopic (exact) mass is 335 g/mol. The highest BCUT2D eigenvalue weighted by molar-refractivity contribution is 7.13. The van der Waals surface area contributed by atoms with Gasteiger partial charge in [-0.3, -0.25) is 4.57 Å². The molecule has 3 heterocycles. The van der Waals surface area contributed by atoms with Crippen molar-refractivity contribution in [3.05, 3.63) is 59.0 Å².